The van der Waals surface area contributed by atoms with E-state index in [1.807, 2.05) is 0 Å². The first kappa shape index (κ1) is 7.00. The van der Waals surface area contributed by atoms with Crippen LogP contribution in [0.4, 0.5) is 8.92 Å². The van der Waals surface area contributed by atoms with Crippen LogP contribution >= 0.6 is 0 Å². The second kappa shape index (κ2) is 1.93. The molecule has 2 atom stereocenters. The summed E-state index contributed by atoms with van der Waals surface area (Å²) in [5.41, 5.74) is -1.41. The van der Waals surface area contributed by atoms with Crippen LogP contribution in [-0.4, -0.2) is 11.6 Å². The number of carbonyl (C=O) groups excluding carboxylic acids is 1. The second-order valence-electron chi connectivity index (χ2n) is 3.35. The molecule has 2 fully saturated rings. The van der Waals surface area contributed by atoms with E-state index < -0.39 is 17.6 Å². The van der Waals surface area contributed by atoms with Crippen LogP contribution < -0.4 is 0 Å². The molecule has 62 valence electrons. The maximum absolute atomic E-state index is 13.3. The minimum atomic E-state index is -1.41. The minimum absolute atomic E-state index is 0.00778. The standard InChI is InChI=1S/C7H8F2O2/c8-7(4-1-2-4)3-5(7)6(10)11-9/h4-5H,1-3H2. The van der Waals surface area contributed by atoms with Crippen molar-refractivity contribution in [3.63, 3.8) is 0 Å². The van der Waals surface area contributed by atoms with Gasteiger partial charge in [0.1, 0.15) is 5.67 Å². The molecule has 0 aromatic heterocycles. The van der Waals surface area contributed by atoms with Crippen LogP contribution in [0, 0.1) is 11.8 Å². The predicted molar refractivity (Wildman–Crippen MR) is 31.9 cm³/mol. The fourth-order valence-corrected chi connectivity index (χ4v) is 1.60. The summed E-state index contributed by atoms with van der Waals surface area (Å²) >= 11 is 0. The van der Waals surface area contributed by atoms with Crippen molar-refractivity contribution in [3.05, 3.63) is 0 Å². The highest BCUT2D eigenvalue weighted by molar-refractivity contribution is 5.77. The molecule has 2 rings (SSSR count). The first-order valence-electron chi connectivity index (χ1n) is 3.70. The maximum atomic E-state index is 13.3. The van der Waals surface area contributed by atoms with Gasteiger partial charge in [0, 0.05) is 4.53 Å². The van der Waals surface area contributed by atoms with Crippen molar-refractivity contribution < 1.29 is 18.7 Å². The number of hydrogen-bond donors (Lipinski definition) is 0. The number of carbonyl (C=O) groups is 1. The highest BCUT2D eigenvalue weighted by Gasteiger charge is 2.67. The van der Waals surface area contributed by atoms with E-state index in [2.05, 4.69) is 4.94 Å². The minimum Gasteiger partial charge on any atom is -0.254 e. The zero-order valence-corrected chi connectivity index (χ0v) is 5.85. The van der Waals surface area contributed by atoms with Gasteiger partial charge in [-0.2, -0.15) is 0 Å². The summed E-state index contributed by atoms with van der Waals surface area (Å²) in [7, 11) is 0. The van der Waals surface area contributed by atoms with Crippen LogP contribution in [0.2, 0.25) is 0 Å². The average molecular weight is 162 g/mol. The lowest BCUT2D eigenvalue weighted by Gasteiger charge is -2.00. The quantitative estimate of drug-likeness (QED) is 0.615. The third-order valence-corrected chi connectivity index (χ3v) is 2.55. The third-order valence-electron chi connectivity index (χ3n) is 2.55. The number of hydrogen-bond acceptors (Lipinski definition) is 2. The van der Waals surface area contributed by atoms with Gasteiger partial charge >= 0.3 is 5.97 Å². The van der Waals surface area contributed by atoms with Crippen molar-refractivity contribution in [1.82, 2.24) is 0 Å². The van der Waals surface area contributed by atoms with Gasteiger partial charge in [-0.25, -0.2) is 9.18 Å². The number of halogens is 2. The largest absolute Gasteiger partial charge is 0.355 e. The Morgan fingerprint density at radius 2 is 2.18 bits per heavy atom. The van der Waals surface area contributed by atoms with E-state index in [4.69, 9.17) is 0 Å². The molecule has 0 heterocycles. The molecule has 0 spiro atoms. The molecule has 2 saturated carbocycles. The Morgan fingerprint density at radius 1 is 1.55 bits per heavy atom. The lowest BCUT2D eigenvalue weighted by molar-refractivity contribution is -0.186. The Labute approximate surface area is 62.4 Å². The Morgan fingerprint density at radius 3 is 2.64 bits per heavy atom. The van der Waals surface area contributed by atoms with Gasteiger partial charge in [-0.3, -0.25) is 4.94 Å². The Bertz CT molecular complexity index is 203. The molecule has 0 aromatic rings. The van der Waals surface area contributed by atoms with Crippen LogP contribution in [-0.2, 0) is 9.74 Å². The van der Waals surface area contributed by atoms with Crippen molar-refractivity contribution in [3.8, 4) is 0 Å². The molecule has 0 aliphatic heterocycles. The Hall–Kier alpha value is -0.670. The monoisotopic (exact) mass is 162 g/mol. The van der Waals surface area contributed by atoms with Gasteiger partial charge in [-0.1, -0.05) is 0 Å². The van der Waals surface area contributed by atoms with Gasteiger partial charge in [-0.15, -0.1) is 0 Å². The van der Waals surface area contributed by atoms with E-state index >= 15 is 0 Å². The highest BCUT2D eigenvalue weighted by atomic mass is 19.3. The van der Waals surface area contributed by atoms with Gasteiger partial charge in [0.05, 0.1) is 5.92 Å². The van der Waals surface area contributed by atoms with Crippen LogP contribution in [0.5, 0.6) is 0 Å². The molecule has 0 radical (unpaired) electrons. The summed E-state index contributed by atoms with van der Waals surface area (Å²) in [5.74, 6) is -1.87. The molecule has 0 bridgehead atoms. The van der Waals surface area contributed by atoms with Gasteiger partial charge in [-0.05, 0) is 25.2 Å². The van der Waals surface area contributed by atoms with Crippen molar-refractivity contribution >= 4 is 5.97 Å². The smallest absolute Gasteiger partial charge is 0.254 e. The normalized spacial score (nSPS) is 41.8. The van der Waals surface area contributed by atoms with E-state index in [-0.39, 0.29) is 12.3 Å². The van der Waals surface area contributed by atoms with E-state index in [0.29, 0.717) is 0 Å². The molecule has 2 nitrogen and oxygen atoms in total. The van der Waals surface area contributed by atoms with Crippen LogP contribution in [0.3, 0.4) is 0 Å². The molecule has 11 heavy (non-hydrogen) atoms. The van der Waals surface area contributed by atoms with Crippen molar-refractivity contribution in [1.29, 1.82) is 0 Å². The van der Waals surface area contributed by atoms with E-state index in [9.17, 15) is 13.7 Å². The zero-order chi connectivity index (χ0) is 8.06. The SMILES string of the molecule is O=C(OF)C1CC1(F)C1CC1. The summed E-state index contributed by atoms with van der Waals surface area (Å²) in [6.07, 6.45) is 1.81. The van der Waals surface area contributed by atoms with E-state index in [0.717, 1.165) is 12.8 Å². The first-order chi connectivity index (χ1) is 5.18. The topological polar surface area (TPSA) is 26.3 Å². The van der Waals surface area contributed by atoms with Crippen LogP contribution in [0.1, 0.15) is 19.3 Å². The average Bonchev–Trinajstić information content (AvgIpc) is 2.77. The summed E-state index contributed by atoms with van der Waals surface area (Å²) in [4.78, 5) is 13.5. The predicted octanol–water partition coefficient (Wildman–Crippen LogP) is 1.55. The summed E-state index contributed by atoms with van der Waals surface area (Å²) in [5, 5.41) is 0. The zero-order valence-electron chi connectivity index (χ0n) is 5.85. The molecule has 0 N–H and O–H groups in total. The summed E-state index contributed by atoms with van der Waals surface area (Å²) in [6.45, 7) is 0. The van der Waals surface area contributed by atoms with E-state index in [1.165, 1.54) is 0 Å². The molecular formula is C7H8F2O2. The lowest BCUT2D eigenvalue weighted by atomic mass is 10.2. The van der Waals surface area contributed by atoms with Gasteiger partial charge in [0.15, 0.2) is 0 Å². The van der Waals surface area contributed by atoms with Crippen LogP contribution in [0.15, 0.2) is 0 Å². The molecule has 0 amide bonds. The van der Waals surface area contributed by atoms with Gasteiger partial charge in [0.2, 0.25) is 0 Å². The second-order valence-corrected chi connectivity index (χ2v) is 3.35. The lowest BCUT2D eigenvalue weighted by Crippen LogP contribution is -2.13. The highest BCUT2D eigenvalue weighted by Crippen LogP contribution is 2.61. The fraction of sp³-hybridized carbons (Fsp3) is 0.857. The molecule has 2 unspecified atom stereocenters. The Balaban J connectivity index is 1.97. The number of alkyl halides is 1. The molecular weight excluding hydrogens is 154 g/mol. The van der Waals surface area contributed by atoms with E-state index in [1.54, 1.807) is 0 Å². The third kappa shape index (κ3) is 0.921. The van der Waals surface area contributed by atoms with Crippen molar-refractivity contribution in [2.45, 2.75) is 24.9 Å². The molecule has 2 aliphatic carbocycles. The Kier molecular flexibility index (Phi) is 1.23. The molecule has 0 aromatic carbocycles. The maximum Gasteiger partial charge on any atom is 0.355 e. The van der Waals surface area contributed by atoms with Gasteiger partial charge in [0.25, 0.3) is 0 Å². The van der Waals surface area contributed by atoms with Crippen molar-refractivity contribution in [2.75, 3.05) is 0 Å². The molecule has 2 aliphatic rings. The molecule has 4 heteroatoms. The number of rotatable bonds is 2. The van der Waals surface area contributed by atoms with Gasteiger partial charge < -0.3 is 0 Å². The first-order valence-corrected chi connectivity index (χ1v) is 3.70. The fourth-order valence-electron chi connectivity index (χ4n) is 1.60. The van der Waals surface area contributed by atoms with Crippen LogP contribution in [0.25, 0.3) is 0 Å². The summed E-state index contributed by atoms with van der Waals surface area (Å²) < 4.78 is 24.6. The summed E-state index contributed by atoms with van der Waals surface area (Å²) in [6, 6.07) is 0. The van der Waals surface area contributed by atoms with Crippen molar-refractivity contribution in [2.24, 2.45) is 11.8 Å². The molecule has 0 saturated heterocycles.